The highest BCUT2D eigenvalue weighted by Crippen LogP contribution is 2.48. The zero-order chi connectivity index (χ0) is 24.3. The molecule has 0 spiro atoms. The molecule has 4 fully saturated rings. The molecule has 1 aromatic carbocycles. The summed E-state index contributed by atoms with van der Waals surface area (Å²) in [5, 5.41) is 9.39. The van der Waals surface area contributed by atoms with Crippen LogP contribution in [0.25, 0.3) is 0 Å². The third-order valence-electron chi connectivity index (χ3n) is 8.03. The minimum Gasteiger partial charge on any atom is -0.345 e. The highest BCUT2D eigenvalue weighted by molar-refractivity contribution is 5.94. The predicted octanol–water partition coefficient (Wildman–Crippen LogP) is 0.575. The number of rotatable bonds is 6. The zero-order valence-corrected chi connectivity index (χ0v) is 19.9. The molecule has 3 saturated heterocycles. The molecular formula is C25H32N6O3. The van der Waals surface area contributed by atoms with Gasteiger partial charge in [0.05, 0.1) is 24.2 Å². The summed E-state index contributed by atoms with van der Waals surface area (Å²) in [7, 11) is 3.44. The number of likely N-dealkylation sites (tertiary alicyclic amines) is 3. The first-order valence-corrected chi connectivity index (χ1v) is 12.1. The van der Waals surface area contributed by atoms with Crippen LogP contribution in [0.1, 0.15) is 48.1 Å². The van der Waals surface area contributed by atoms with E-state index in [2.05, 4.69) is 6.07 Å². The molecule has 1 saturated carbocycles. The maximum Gasteiger partial charge on any atom is 0.253 e. The summed E-state index contributed by atoms with van der Waals surface area (Å²) >= 11 is 0. The van der Waals surface area contributed by atoms with Gasteiger partial charge in [-0.2, -0.15) is 5.26 Å². The molecule has 2 N–H and O–H groups in total. The fourth-order valence-corrected chi connectivity index (χ4v) is 6.13. The predicted molar refractivity (Wildman–Crippen MR) is 124 cm³/mol. The van der Waals surface area contributed by atoms with Crippen molar-refractivity contribution >= 4 is 17.7 Å². The second-order valence-electron chi connectivity index (χ2n) is 10.4. The molecule has 0 aromatic heterocycles. The highest BCUT2D eigenvalue weighted by atomic mass is 16.2. The molecule has 9 heteroatoms. The van der Waals surface area contributed by atoms with Crippen molar-refractivity contribution in [2.45, 2.75) is 62.4 Å². The summed E-state index contributed by atoms with van der Waals surface area (Å²) in [6, 6.07) is 8.48. The highest BCUT2D eigenvalue weighted by Gasteiger charge is 2.56. The number of piperidine rings is 1. The standard InChI is InChI=1S/C25H32N6O3/c1-14(15-4-6-16(7-5-15)23(32)28(2)3)30-19-10-22(25(30)34)29(12-19)13-20(27)24(33)31-18(11-26)8-17-9-21(17)31/h4-7,14,17-22H,8-10,12-13,27H2,1-3H3/t14-,17-,18+,19-,20+,21?,22-/m1/s1. The number of fused-ring (bicyclic) bond motifs is 3. The Morgan fingerprint density at radius 1 is 1.21 bits per heavy atom. The first-order chi connectivity index (χ1) is 16.2. The second-order valence-corrected chi connectivity index (χ2v) is 10.4. The lowest BCUT2D eigenvalue weighted by Crippen LogP contribution is -2.57. The van der Waals surface area contributed by atoms with E-state index in [0.29, 0.717) is 24.6 Å². The quantitative estimate of drug-likeness (QED) is 0.659. The van der Waals surface area contributed by atoms with Crippen LogP contribution in [0, 0.1) is 17.2 Å². The van der Waals surface area contributed by atoms with Crippen LogP contribution in [0.4, 0.5) is 0 Å². The summed E-state index contributed by atoms with van der Waals surface area (Å²) in [6.07, 6.45) is 2.46. The number of nitriles is 1. The van der Waals surface area contributed by atoms with Gasteiger partial charge < -0.3 is 20.4 Å². The van der Waals surface area contributed by atoms with E-state index >= 15 is 0 Å². The normalized spacial score (nSPS) is 31.3. The Morgan fingerprint density at radius 2 is 1.91 bits per heavy atom. The molecule has 5 rings (SSSR count). The molecule has 34 heavy (non-hydrogen) atoms. The number of hydrogen-bond donors (Lipinski definition) is 1. The number of nitrogens with zero attached hydrogens (tertiary/aromatic N) is 5. The molecule has 4 aliphatic rings. The maximum atomic E-state index is 13.3. The lowest BCUT2D eigenvalue weighted by atomic mass is 10.0. The van der Waals surface area contributed by atoms with Crippen molar-refractivity contribution in [1.29, 1.82) is 5.26 Å². The van der Waals surface area contributed by atoms with E-state index in [1.807, 2.05) is 28.9 Å². The van der Waals surface area contributed by atoms with Crippen LogP contribution >= 0.6 is 0 Å². The first-order valence-electron chi connectivity index (χ1n) is 12.1. The minimum atomic E-state index is -0.727. The summed E-state index contributed by atoms with van der Waals surface area (Å²) < 4.78 is 0. The van der Waals surface area contributed by atoms with Gasteiger partial charge in [0.25, 0.3) is 5.91 Å². The number of hydrogen-bond acceptors (Lipinski definition) is 6. The summed E-state index contributed by atoms with van der Waals surface area (Å²) in [5.74, 6) is 0.305. The van der Waals surface area contributed by atoms with E-state index < -0.39 is 6.04 Å². The lowest BCUT2D eigenvalue weighted by Gasteiger charge is -2.38. The van der Waals surface area contributed by atoms with Crippen LogP contribution < -0.4 is 5.73 Å². The van der Waals surface area contributed by atoms with Crippen LogP contribution in [-0.2, 0) is 9.59 Å². The van der Waals surface area contributed by atoms with Gasteiger partial charge in [0.15, 0.2) is 0 Å². The van der Waals surface area contributed by atoms with Crippen molar-refractivity contribution in [3.05, 3.63) is 35.4 Å². The molecule has 0 radical (unpaired) electrons. The Hall–Kier alpha value is -2.96. The Morgan fingerprint density at radius 3 is 2.53 bits per heavy atom. The number of piperazine rings is 1. The van der Waals surface area contributed by atoms with Crippen LogP contribution in [0.5, 0.6) is 0 Å². The lowest BCUT2D eigenvalue weighted by molar-refractivity contribution is -0.141. The van der Waals surface area contributed by atoms with Crippen LogP contribution in [0.15, 0.2) is 24.3 Å². The van der Waals surface area contributed by atoms with Gasteiger partial charge in [-0.15, -0.1) is 0 Å². The van der Waals surface area contributed by atoms with Gasteiger partial charge in [0, 0.05) is 44.8 Å². The number of nitrogens with two attached hydrogens (primary N) is 1. The average Bonchev–Trinajstić information content (AvgIpc) is 3.15. The van der Waals surface area contributed by atoms with Crippen molar-refractivity contribution in [3.8, 4) is 6.07 Å². The smallest absolute Gasteiger partial charge is 0.253 e. The van der Waals surface area contributed by atoms with E-state index in [1.165, 1.54) is 0 Å². The molecule has 180 valence electrons. The van der Waals surface area contributed by atoms with E-state index in [-0.39, 0.29) is 47.9 Å². The molecular weight excluding hydrogens is 432 g/mol. The van der Waals surface area contributed by atoms with Crippen molar-refractivity contribution < 1.29 is 14.4 Å². The van der Waals surface area contributed by atoms with Crippen molar-refractivity contribution in [3.63, 3.8) is 0 Å². The van der Waals surface area contributed by atoms with Crippen molar-refractivity contribution in [2.75, 3.05) is 27.2 Å². The molecule has 3 heterocycles. The maximum absolute atomic E-state index is 13.3. The number of carbonyl (C=O) groups is 3. The van der Waals surface area contributed by atoms with Gasteiger partial charge in [-0.05, 0) is 49.8 Å². The van der Waals surface area contributed by atoms with Crippen LogP contribution in [0.3, 0.4) is 0 Å². The largest absolute Gasteiger partial charge is 0.345 e. The minimum absolute atomic E-state index is 0.0516. The SMILES string of the molecule is C[C@H](c1ccc(C(=O)N(C)C)cc1)N1C(=O)[C@H]2C[C@@H]1CN2C[C@H](N)C(=O)N1C2C[C@H]2C[C@H]1C#N. The van der Waals surface area contributed by atoms with E-state index in [1.54, 1.807) is 36.0 Å². The van der Waals surface area contributed by atoms with E-state index in [9.17, 15) is 19.6 Å². The Kier molecular flexibility index (Phi) is 5.61. The van der Waals surface area contributed by atoms with Gasteiger partial charge in [0.1, 0.15) is 6.04 Å². The fourth-order valence-electron chi connectivity index (χ4n) is 6.13. The average molecular weight is 465 g/mol. The molecule has 1 aliphatic carbocycles. The number of benzene rings is 1. The van der Waals surface area contributed by atoms with Gasteiger partial charge in [0.2, 0.25) is 11.8 Å². The monoisotopic (exact) mass is 464 g/mol. The van der Waals surface area contributed by atoms with Crippen molar-refractivity contribution in [2.24, 2.45) is 11.7 Å². The molecule has 1 unspecified atom stereocenters. The number of carbonyl (C=O) groups excluding carboxylic acids is 3. The van der Waals surface area contributed by atoms with Crippen LogP contribution in [0.2, 0.25) is 0 Å². The van der Waals surface area contributed by atoms with Crippen molar-refractivity contribution in [1.82, 2.24) is 19.6 Å². The molecule has 3 amide bonds. The van der Waals surface area contributed by atoms with Gasteiger partial charge in [-0.1, -0.05) is 12.1 Å². The van der Waals surface area contributed by atoms with Gasteiger partial charge in [-0.25, -0.2) is 0 Å². The first kappa shape index (κ1) is 22.8. The second kappa shape index (κ2) is 8.36. The van der Waals surface area contributed by atoms with E-state index in [0.717, 1.165) is 24.8 Å². The Bertz CT molecular complexity index is 1050. The summed E-state index contributed by atoms with van der Waals surface area (Å²) in [4.78, 5) is 45.6. The Balaban J connectivity index is 1.21. The molecule has 1 aromatic rings. The summed E-state index contributed by atoms with van der Waals surface area (Å²) in [6.45, 7) is 3.04. The fraction of sp³-hybridized carbons (Fsp3) is 0.600. The number of amides is 3. The summed E-state index contributed by atoms with van der Waals surface area (Å²) in [5.41, 5.74) is 7.91. The molecule has 2 bridgehead atoms. The third kappa shape index (κ3) is 3.65. The van der Waals surface area contributed by atoms with Gasteiger partial charge in [-0.3, -0.25) is 19.3 Å². The molecule has 9 nitrogen and oxygen atoms in total. The van der Waals surface area contributed by atoms with E-state index in [4.69, 9.17) is 5.73 Å². The third-order valence-corrected chi connectivity index (χ3v) is 8.03. The molecule has 7 atom stereocenters. The molecule has 3 aliphatic heterocycles. The zero-order valence-electron chi connectivity index (χ0n) is 19.9. The van der Waals surface area contributed by atoms with Crippen LogP contribution in [-0.4, -0.2) is 94.7 Å². The Labute approximate surface area is 200 Å². The topological polar surface area (TPSA) is 114 Å². The van der Waals surface area contributed by atoms with Gasteiger partial charge >= 0.3 is 0 Å².